The molecule has 0 atom stereocenters. The van der Waals surface area contributed by atoms with E-state index in [0.29, 0.717) is 24.2 Å². The maximum atomic E-state index is 14.4. The summed E-state index contributed by atoms with van der Waals surface area (Å²) in [7, 11) is -4.01. The molecule has 1 saturated carbocycles. The zero-order valence-electron chi connectivity index (χ0n) is 18.7. The SMILES string of the molecule is O=C(COC(=O)C1(c2ccccc2F)CCCC1)Nc1ncc(S(=O)(=O)c2ccc([N+](=O)[O-])cc2)s1. The minimum atomic E-state index is -4.01. The Morgan fingerprint density at radius 2 is 1.81 bits per heavy atom. The van der Waals surface area contributed by atoms with Gasteiger partial charge in [-0.05, 0) is 31.0 Å². The predicted octanol–water partition coefficient (Wildman–Crippen LogP) is 4.02. The van der Waals surface area contributed by atoms with Crippen LogP contribution in [0.3, 0.4) is 0 Å². The number of nitro groups is 1. The number of aromatic nitrogens is 1. The number of carbonyl (C=O) groups is 2. The lowest BCUT2D eigenvalue weighted by Crippen LogP contribution is -2.37. The van der Waals surface area contributed by atoms with Crippen LogP contribution in [0.15, 0.2) is 63.8 Å². The molecule has 1 aromatic heterocycles. The molecule has 188 valence electrons. The van der Waals surface area contributed by atoms with Gasteiger partial charge in [0, 0.05) is 17.7 Å². The van der Waals surface area contributed by atoms with E-state index in [1.165, 1.54) is 12.1 Å². The van der Waals surface area contributed by atoms with Gasteiger partial charge in [0.05, 0.1) is 21.4 Å². The van der Waals surface area contributed by atoms with Crippen LogP contribution in [0.4, 0.5) is 15.2 Å². The fourth-order valence-corrected chi connectivity index (χ4v) is 6.59. The number of sulfone groups is 1. The Kier molecular flexibility index (Phi) is 7.13. The summed E-state index contributed by atoms with van der Waals surface area (Å²) in [6.07, 6.45) is 3.31. The van der Waals surface area contributed by atoms with Crippen molar-refractivity contribution in [2.24, 2.45) is 0 Å². The molecule has 1 amide bonds. The highest BCUT2D eigenvalue weighted by atomic mass is 32.2. The topological polar surface area (TPSA) is 146 Å². The van der Waals surface area contributed by atoms with Crippen molar-refractivity contribution in [3.8, 4) is 0 Å². The van der Waals surface area contributed by atoms with Gasteiger partial charge >= 0.3 is 5.97 Å². The number of halogens is 1. The molecular formula is C23H20FN3O7S2. The van der Waals surface area contributed by atoms with Gasteiger partial charge in [-0.1, -0.05) is 42.4 Å². The Labute approximate surface area is 209 Å². The van der Waals surface area contributed by atoms with Crippen LogP contribution in [-0.2, 0) is 29.6 Å². The van der Waals surface area contributed by atoms with Gasteiger partial charge in [0.25, 0.3) is 11.6 Å². The summed E-state index contributed by atoms with van der Waals surface area (Å²) >= 11 is 0.676. The number of hydrogen-bond donors (Lipinski definition) is 1. The zero-order valence-corrected chi connectivity index (χ0v) is 20.3. The summed E-state index contributed by atoms with van der Waals surface area (Å²) in [5.41, 5.74) is -1.16. The second-order valence-electron chi connectivity index (χ2n) is 8.13. The molecule has 2 aromatic carbocycles. The maximum Gasteiger partial charge on any atom is 0.317 e. The number of nitro benzene ring substituents is 1. The maximum absolute atomic E-state index is 14.4. The number of carbonyl (C=O) groups excluding carboxylic acids is 2. The van der Waals surface area contributed by atoms with Crippen molar-refractivity contribution in [1.29, 1.82) is 0 Å². The second kappa shape index (κ2) is 10.1. The number of non-ortho nitro benzene ring substituents is 1. The van der Waals surface area contributed by atoms with Crippen molar-refractivity contribution in [3.63, 3.8) is 0 Å². The van der Waals surface area contributed by atoms with E-state index in [2.05, 4.69) is 10.3 Å². The van der Waals surface area contributed by atoms with Gasteiger partial charge in [-0.15, -0.1) is 0 Å². The first-order valence-corrected chi connectivity index (χ1v) is 13.1. The number of anilines is 1. The van der Waals surface area contributed by atoms with E-state index in [4.69, 9.17) is 4.74 Å². The highest BCUT2D eigenvalue weighted by Crippen LogP contribution is 2.43. The number of amides is 1. The van der Waals surface area contributed by atoms with Crippen LogP contribution in [0.1, 0.15) is 31.2 Å². The van der Waals surface area contributed by atoms with Crippen molar-refractivity contribution in [3.05, 3.63) is 76.2 Å². The molecule has 1 aliphatic rings. The average molecular weight is 534 g/mol. The zero-order chi connectivity index (χ0) is 25.9. The molecule has 13 heteroatoms. The van der Waals surface area contributed by atoms with Crippen LogP contribution in [0, 0.1) is 15.9 Å². The van der Waals surface area contributed by atoms with Gasteiger partial charge in [-0.25, -0.2) is 17.8 Å². The minimum absolute atomic E-state index is 0.0405. The summed E-state index contributed by atoms with van der Waals surface area (Å²) < 4.78 is 45.0. The molecule has 0 bridgehead atoms. The van der Waals surface area contributed by atoms with E-state index in [1.807, 2.05) is 0 Å². The first-order valence-electron chi connectivity index (χ1n) is 10.8. The Morgan fingerprint density at radius 1 is 1.14 bits per heavy atom. The monoisotopic (exact) mass is 533 g/mol. The number of benzene rings is 2. The van der Waals surface area contributed by atoms with Gasteiger partial charge in [-0.2, -0.15) is 0 Å². The molecule has 0 spiro atoms. The number of esters is 1. The lowest BCUT2D eigenvalue weighted by molar-refractivity contribution is -0.384. The molecular weight excluding hydrogens is 513 g/mol. The number of thiazole rings is 1. The third-order valence-corrected chi connectivity index (χ3v) is 9.07. The minimum Gasteiger partial charge on any atom is -0.455 e. The molecule has 1 N–H and O–H groups in total. The van der Waals surface area contributed by atoms with Gasteiger partial charge in [-0.3, -0.25) is 25.0 Å². The number of hydrogen-bond acceptors (Lipinski definition) is 9. The lowest BCUT2D eigenvalue weighted by atomic mass is 9.78. The third kappa shape index (κ3) is 4.97. The Bertz CT molecular complexity index is 1420. The Morgan fingerprint density at radius 3 is 2.44 bits per heavy atom. The quantitative estimate of drug-likeness (QED) is 0.260. The number of nitrogens with one attached hydrogen (secondary N) is 1. The molecule has 3 aromatic rings. The molecule has 4 rings (SSSR count). The molecule has 0 radical (unpaired) electrons. The van der Waals surface area contributed by atoms with Crippen molar-refractivity contribution < 1.29 is 32.1 Å². The summed E-state index contributed by atoms with van der Waals surface area (Å²) in [6.45, 7) is -0.654. The molecule has 0 saturated heterocycles. The highest BCUT2D eigenvalue weighted by Gasteiger charge is 2.46. The van der Waals surface area contributed by atoms with Gasteiger partial charge in [0.2, 0.25) is 9.84 Å². The van der Waals surface area contributed by atoms with Crippen molar-refractivity contribution >= 4 is 43.9 Å². The van der Waals surface area contributed by atoms with Crippen LogP contribution < -0.4 is 5.32 Å². The standard InChI is InChI=1S/C23H20FN3O7S2/c24-18-6-2-1-5-17(18)23(11-3-4-12-23)21(29)34-14-19(28)26-22-25-13-20(35-22)36(32,33)16-9-7-15(8-10-16)27(30)31/h1-2,5-10,13H,3-4,11-12,14H2,(H,25,26,28). The molecule has 1 fully saturated rings. The van der Waals surface area contributed by atoms with Crippen molar-refractivity contribution in [2.45, 2.75) is 40.2 Å². The van der Waals surface area contributed by atoms with Crippen LogP contribution in [-0.4, -0.2) is 36.8 Å². The molecule has 1 aliphatic carbocycles. The lowest BCUT2D eigenvalue weighted by Gasteiger charge is -2.27. The third-order valence-electron chi connectivity index (χ3n) is 5.93. The van der Waals surface area contributed by atoms with E-state index < -0.39 is 44.5 Å². The fraction of sp³-hybridized carbons (Fsp3) is 0.261. The predicted molar refractivity (Wildman–Crippen MR) is 127 cm³/mol. The smallest absolute Gasteiger partial charge is 0.317 e. The van der Waals surface area contributed by atoms with Gasteiger partial charge in [0.15, 0.2) is 11.7 Å². The van der Waals surface area contributed by atoms with Crippen LogP contribution in [0.2, 0.25) is 0 Å². The van der Waals surface area contributed by atoms with E-state index in [-0.39, 0.29) is 25.5 Å². The average Bonchev–Trinajstić information content (AvgIpc) is 3.54. The summed E-state index contributed by atoms with van der Waals surface area (Å²) in [6, 6.07) is 10.4. The van der Waals surface area contributed by atoms with Gasteiger partial charge < -0.3 is 4.74 Å². The van der Waals surface area contributed by atoms with Crippen LogP contribution in [0.25, 0.3) is 0 Å². The molecule has 0 aliphatic heterocycles. The Hall–Kier alpha value is -3.71. The van der Waals surface area contributed by atoms with Crippen molar-refractivity contribution in [1.82, 2.24) is 4.98 Å². The molecule has 1 heterocycles. The largest absolute Gasteiger partial charge is 0.455 e. The summed E-state index contributed by atoms with van der Waals surface area (Å²) in [5.74, 6) is -1.94. The Balaban J connectivity index is 1.41. The van der Waals surface area contributed by atoms with Gasteiger partial charge in [0.1, 0.15) is 10.0 Å². The molecule has 36 heavy (non-hydrogen) atoms. The highest BCUT2D eigenvalue weighted by molar-refractivity contribution is 7.93. The second-order valence-corrected chi connectivity index (χ2v) is 11.3. The van der Waals surface area contributed by atoms with E-state index in [0.717, 1.165) is 43.3 Å². The first-order chi connectivity index (χ1) is 17.1. The summed E-state index contributed by atoms with van der Waals surface area (Å²) in [5, 5.41) is 13.1. The molecule has 10 nitrogen and oxygen atoms in total. The number of rotatable bonds is 8. The number of nitrogens with zero attached hydrogens (tertiary/aromatic N) is 2. The van der Waals surface area contributed by atoms with Crippen molar-refractivity contribution in [2.75, 3.05) is 11.9 Å². The summed E-state index contributed by atoms with van der Waals surface area (Å²) in [4.78, 5) is 39.1. The van der Waals surface area contributed by atoms with Crippen LogP contribution in [0.5, 0.6) is 0 Å². The first kappa shape index (κ1) is 25.4. The molecule has 0 unspecified atom stereocenters. The van der Waals surface area contributed by atoms with E-state index >= 15 is 0 Å². The fourth-order valence-electron chi connectivity index (χ4n) is 4.14. The van der Waals surface area contributed by atoms with Crippen LogP contribution >= 0.6 is 11.3 Å². The van der Waals surface area contributed by atoms with E-state index in [1.54, 1.807) is 12.1 Å². The normalized spacial score (nSPS) is 14.8. The number of ether oxygens (including phenoxy) is 1. The van der Waals surface area contributed by atoms with E-state index in [9.17, 15) is 32.5 Å².